The molecule has 0 radical (unpaired) electrons. The van der Waals surface area contributed by atoms with E-state index in [1.165, 1.54) is 17.7 Å². The van der Waals surface area contributed by atoms with E-state index in [1.807, 2.05) is 85.9 Å². The highest BCUT2D eigenvalue weighted by Gasteiger charge is 2.20. The maximum Gasteiger partial charge on any atom is 0.263 e. The highest BCUT2D eigenvalue weighted by Crippen LogP contribution is 2.32. The second-order valence-corrected chi connectivity index (χ2v) is 10.2. The molecule has 1 N–H and O–H groups in total. The lowest BCUT2D eigenvalue weighted by Gasteiger charge is -2.22. The molecule has 4 heterocycles. The van der Waals surface area contributed by atoms with Crippen molar-refractivity contribution in [3.8, 4) is 16.8 Å². The van der Waals surface area contributed by atoms with E-state index < -0.39 is 0 Å². The molecule has 0 spiro atoms. The van der Waals surface area contributed by atoms with Gasteiger partial charge in [-0.3, -0.25) is 14.3 Å². The molecule has 8 heteroatoms. The van der Waals surface area contributed by atoms with E-state index in [1.54, 1.807) is 10.1 Å². The zero-order valence-corrected chi connectivity index (χ0v) is 21.8. The van der Waals surface area contributed by atoms with Crippen LogP contribution in [0.4, 0.5) is 5.82 Å². The third-order valence-corrected chi connectivity index (χ3v) is 7.66. The number of nitrogens with one attached hydrogen (secondary N) is 1. The third kappa shape index (κ3) is 4.02. The summed E-state index contributed by atoms with van der Waals surface area (Å²) in [5.41, 5.74) is 6.67. The number of aromatic nitrogens is 5. The summed E-state index contributed by atoms with van der Waals surface area (Å²) in [7, 11) is 0. The minimum absolute atomic E-state index is 0.0902. The minimum atomic E-state index is -0.256. The Bertz CT molecular complexity index is 2050. The normalized spacial score (nSPS) is 12.2. The number of hydrogen-bond acceptors (Lipinski definition) is 7. The fraction of sp³-hybridized carbons (Fsp3) is 0.0645. The van der Waals surface area contributed by atoms with Crippen LogP contribution in [0.2, 0.25) is 0 Å². The number of rotatable bonds is 5. The van der Waals surface area contributed by atoms with Crippen LogP contribution in [0.25, 0.3) is 48.8 Å². The van der Waals surface area contributed by atoms with E-state index in [4.69, 9.17) is 0 Å². The molecule has 0 saturated heterocycles. The number of para-hydroxylation sites is 2. The largest absolute Gasteiger partial charge is 0.360 e. The van der Waals surface area contributed by atoms with Crippen LogP contribution in [0, 0.1) is 0 Å². The van der Waals surface area contributed by atoms with Gasteiger partial charge in [-0.1, -0.05) is 54.6 Å². The molecule has 0 aliphatic carbocycles. The summed E-state index contributed by atoms with van der Waals surface area (Å²) in [5.74, 6) is 0.636. The number of nitrogens with zero attached hydrogens (tertiary/aromatic N) is 5. The molecule has 0 amide bonds. The molecule has 7 nitrogen and oxygen atoms in total. The van der Waals surface area contributed by atoms with Crippen molar-refractivity contribution < 1.29 is 0 Å². The molecule has 0 bridgehead atoms. The molecule has 0 unspecified atom stereocenters. The van der Waals surface area contributed by atoms with E-state index in [0.717, 1.165) is 49.1 Å². The van der Waals surface area contributed by atoms with Crippen molar-refractivity contribution in [3.05, 3.63) is 119 Å². The monoisotopic (exact) mass is 526 g/mol. The van der Waals surface area contributed by atoms with Crippen molar-refractivity contribution in [2.75, 3.05) is 5.32 Å². The fourth-order valence-electron chi connectivity index (χ4n) is 5.08. The van der Waals surface area contributed by atoms with Gasteiger partial charge in [-0.25, -0.2) is 15.0 Å². The maximum absolute atomic E-state index is 14.4. The number of benzene rings is 3. The average molecular weight is 527 g/mol. The number of hydrogen-bond donors (Lipinski definition) is 1. The Kier molecular flexibility index (Phi) is 5.60. The summed E-state index contributed by atoms with van der Waals surface area (Å²) in [5, 5.41) is 6.02. The lowest BCUT2D eigenvalue weighted by Crippen LogP contribution is -2.26. The van der Waals surface area contributed by atoms with Gasteiger partial charge in [0.05, 0.1) is 22.5 Å². The topological polar surface area (TPSA) is 85.6 Å². The molecule has 0 aliphatic heterocycles. The fourth-order valence-corrected chi connectivity index (χ4v) is 5.71. The third-order valence-electron chi connectivity index (χ3n) is 6.92. The lowest BCUT2D eigenvalue weighted by molar-refractivity contribution is 0.774. The summed E-state index contributed by atoms with van der Waals surface area (Å²) in [4.78, 5) is 33.1. The SMILES string of the molecule is C[C@H](Nc1ncnc2scnc12)c1cc2cccc(-c3cnc4ccccc4c3)c2c(=O)n1-c1ccccc1. The number of thiazole rings is 1. The lowest BCUT2D eigenvalue weighted by atomic mass is 9.98. The van der Waals surface area contributed by atoms with E-state index in [9.17, 15) is 4.79 Å². The molecule has 7 rings (SSSR count). The number of anilines is 1. The summed E-state index contributed by atoms with van der Waals surface area (Å²) >= 11 is 1.47. The average Bonchev–Trinajstić information content (AvgIpc) is 3.47. The Balaban J connectivity index is 1.44. The number of pyridine rings is 2. The summed E-state index contributed by atoms with van der Waals surface area (Å²) < 4.78 is 1.79. The van der Waals surface area contributed by atoms with Crippen LogP contribution in [0.15, 0.2) is 108 Å². The van der Waals surface area contributed by atoms with Crippen molar-refractivity contribution in [1.29, 1.82) is 0 Å². The predicted octanol–water partition coefficient (Wildman–Crippen LogP) is 6.78. The van der Waals surface area contributed by atoms with E-state index in [2.05, 4.69) is 37.4 Å². The first-order valence-electron chi connectivity index (χ1n) is 12.6. The van der Waals surface area contributed by atoms with Gasteiger partial charge in [0.2, 0.25) is 0 Å². The predicted molar refractivity (Wildman–Crippen MR) is 158 cm³/mol. The molecule has 188 valence electrons. The maximum atomic E-state index is 14.4. The van der Waals surface area contributed by atoms with E-state index in [-0.39, 0.29) is 11.6 Å². The molecule has 7 aromatic rings. The minimum Gasteiger partial charge on any atom is -0.360 e. The number of fused-ring (bicyclic) bond motifs is 3. The molecule has 0 aliphatic rings. The van der Waals surface area contributed by atoms with Crippen LogP contribution in [0.1, 0.15) is 18.7 Å². The highest BCUT2D eigenvalue weighted by atomic mass is 32.1. The van der Waals surface area contributed by atoms with Gasteiger partial charge >= 0.3 is 0 Å². The van der Waals surface area contributed by atoms with Crippen molar-refractivity contribution in [2.24, 2.45) is 0 Å². The van der Waals surface area contributed by atoms with Gasteiger partial charge in [0, 0.05) is 28.5 Å². The summed E-state index contributed by atoms with van der Waals surface area (Å²) in [6.07, 6.45) is 3.37. The van der Waals surface area contributed by atoms with Crippen molar-refractivity contribution in [1.82, 2.24) is 24.5 Å². The van der Waals surface area contributed by atoms with Crippen molar-refractivity contribution in [3.63, 3.8) is 0 Å². The first kappa shape index (κ1) is 23.2. The Labute approximate surface area is 227 Å². The van der Waals surface area contributed by atoms with E-state index >= 15 is 0 Å². The second-order valence-electron chi connectivity index (χ2n) is 9.33. The van der Waals surface area contributed by atoms with E-state index in [0.29, 0.717) is 11.2 Å². The Morgan fingerprint density at radius 1 is 0.846 bits per heavy atom. The van der Waals surface area contributed by atoms with Crippen LogP contribution in [0.3, 0.4) is 0 Å². The Morgan fingerprint density at radius 3 is 2.56 bits per heavy atom. The quantitative estimate of drug-likeness (QED) is 0.266. The molecule has 39 heavy (non-hydrogen) atoms. The van der Waals surface area contributed by atoms with Crippen LogP contribution < -0.4 is 10.9 Å². The standard InChI is InChI=1S/C31H22N6OS/c1-19(36-29-28-30(34-17-33-29)39-18-35-28)26-15-21-9-7-12-24(22-14-20-8-5-6-13-25(20)32-16-22)27(21)31(38)37(26)23-10-3-2-4-11-23/h2-19H,1H3,(H,33,34,36)/t19-/m0/s1. The van der Waals surface area contributed by atoms with Crippen LogP contribution in [-0.4, -0.2) is 24.5 Å². The van der Waals surface area contributed by atoms with Crippen molar-refractivity contribution in [2.45, 2.75) is 13.0 Å². The van der Waals surface area contributed by atoms with Gasteiger partial charge in [0.15, 0.2) is 5.82 Å². The first-order chi connectivity index (χ1) is 19.2. The van der Waals surface area contributed by atoms with Crippen LogP contribution in [0.5, 0.6) is 0 Å². The smallest absolute Gasteiger partial charge is 0.263 e. The van der Waals surface area contributed by atoms with Gasteiger partial charge in [0.25, 0.3) is 5.56 Å². The second kappa shape index (κ2) is 9.41. The van der Waals surface area contributed by atoms with Gasteiger partial charge in [-0.05, 0) is 48.2 Å². The van der Waals surface area contributed by atoms with Gasteiger partial charge in [0.1, 0.15) is 16.7 Å². The zero-order valence-electron chi connectivity index (χ0n) is 20.9. The van der Waals surface area contributed by atoms with Gasteiger partial charge in [-0.15, -0.1) is 11.3 Å². The first-order valence-corrected chi connectivity index (χ1v) is 13.5. The van der Waals surface area contributed by atoms with Gasteiger partial charge in [-0.2, -0.15) is 0 Å². The molecular weight excluding hydrogens is 504 g/mol. The van der Waals surface area contributed by atoms with Crippen LogP contribution in [-0.2, 0) is 0 Å². The zero-order chi connectivity index (χ0) is 26.3. The van der Waals surface area contributed by atoms with Crippen molar-refractivity contribution >= 4 is 49.2 Å². The highest BCUT2D eigenvalue weighted by molar-refractivity contribution is 7.16. The molecular formula is C31H22N6OS. The molecule has 0 fully saturated rings. The van der Waals surface area contributed by atoms with Crippen LogP contribution >= 0.6 is 11.3 Å². The van der Waals surface area contributed by atoms with Gasteiger partial charge < -0.3 is 5.32 Å². The Morgan fingerprint density at radius 2 is 1.67 bits per heavy atom. The Hall–Kier alpha value is -4.95. The molecule has 4 aromatic heterocycles. The summed E-state index contributed by atoms with van der Waals surface area (Å²) in [6, 6.07) is 27.6. The molecule has 1 atom stereocenters. The molecule has 3 aromatic carbocycles. The molecule has 0 saturated carbocycles. The summed E-state index contributed by atoms with van der Waals surface area (Å²) in [6.45, 7) is 2.03.